The summed E-state index contributed by atoms with van der Waals surface area (Å²) in [5.41, 5.74) is -0.412. The summed E-state index contributed by atoms with van der Waals surface area (Å²) < 4.78 is 38.2. The maximum absolute atomic E-state index is 12.7. The van der Waals surface area contributed by atoms with Gasteiger partial charge < -0.3 is 10.6 Å². The summed E-state index contributed by atoms with van der Waals surface area (Å²) in [5.74, 6) is 0.321. The summed E-state index contributed by atoms with van der Waals surface area (Å²) in [6.07, 6.45) is -2.04. The molecule has 1 aliphatic carbocycles. The van der Waals surface area contributed by atoms with Crippen molar-refractivity contribution in [1.82, 2.24) is 5.32 Å². The Balaban J connectivity index is 0.00000220. The molecule has 3 nitrogen and oxygen atoms in total. The number of aryl methyl sites for hydroxylation is 1. The van der Waals surface area contributed by atoms with Crippen molar-refractivity contribution in [3.05, 3.63) is 29.3 Å². The van der Waals surface area contributed by atoms with Gasteiger partial charge >= 0.3 is 6.18 Å². The highest BCUT2D eigenvalue weighted by Gasteiger charge is 2.32. The molecule has 0 atom stereocenters. The van der Waals surface area contributed by atoms with Crippen molar-refractivity contribution in [2.75, 3.05) is 18.4 Å². The lowest BCUT2D eigenvalue weighted by Crippen LogP contribution is -2.29. The maximum atomic E-state index is 12.7. The van der Waals surface area contributed by atoms with Crippen molar-refractivity contribution >= 4 is 24.0 Å². The standard InChI is InChI=1S/C14H17F3N2O.ClH/c1-9-2-5-11(6-12(9)14(15,16)17)19-13(20)8-18-7-10-3-4-10;/h2,5-6,10,18H,3-4,7-8H2,1H3,(H,19,20);1H. The van der Waals surface area contributed by atoms with Gasteiger partial charge in [-0.15, -0.1) is 12.4 Å². The minimum atomic E-state index is -4.41. The summed E-state index contributed by atoms with van der Waals surface area (Å²) >= 11 is 0. The highest BCUT2D eigenvalue weighted by molar-refractivity contribution is 5.92. The average Bonchev–Trinajstić information content (AvgIpc) is 3.14. The van der Waals surface area contributed by atoms with Crippen molar-refractivity contribution < 1.29 is 18.0 Å². The summed E-state index contributed by atoms with van der Waals surface area (Å²) in [7, 11) is 0. The van der Waals surface area contributed by atoms with Gasteiger partial charge in [-0.3, -0.25) is 4.79 Å². The van der Waals surface area contributed by atoms with Crippen LogP contribution >= 0.6 is 12.4 Å². The van der Waals surface area contributed by atoms with Crippen molar-refractivity contribution in [3.8, 4) is 0 Å². The highest BCUT2D eigenvalue weighted by atomic mass is 35.5. The first-order valence-electron chi connectivity index (χ1n) is 6.54. The molecule has 2 N–H and O–H groups in total. The van der Waals surface area contributed by atoms with Gasteiger partial charge in [0.2, 0.25) is 5.91 Å². The second-order valence-electron chi connectivity index (χ2n) is 5.15. The van der Waals surface area contributed by atoms with Crippen LogP contribution in [0.3, 0.4) is 0 Å². The van der Waals surface area contributed by atoms with E-state index in [0.717, 1.165) is 12.6 Å². The number of hydrogen-bond acceptors (Lipinski definition) is 2. The Morgan fingerprint density at radius 3 is 2.57 bits per heavy atom. The Kier molecular flexibility index (Phi) is 6.04. The van der Waals surface area contributed by atoms with Gasteiger partial charge in [-0.05, 0) is 49.9 Å². The summed E-state index contributed by atoms with van der Waals surface area (Å²) in [6.45, 7) is 2.30. The van der Waals surface area contributed by atoms with Gasteiger partial charge in [0, 0.05) is 5.69 Å². The fourth-order valence-corrected chi connectivity index (χ4v) is 1.92. The van der Waals surface area contributed by atoms with Crippen LogP contribution in [-0.2, 0) is 11.0 Å². The average molecular weight is 323 g/mol. The van der Waals surface area contributed by atoms with Gasteiger partial charge in [0.05, 0.1) is 12.1 Å². The molecule has 0 unspecified atom stereocenters. The number of amides is 1. The molecule has 118 valence electrons. The first-order valence-corrected chi connectivity index (χ1v) is 6.54. The maximum Gasteiger partial charge on any atom is 0.416 e. The topological polar surface area (TPSA) is 41.1 Å². The molecular weight excluding hydrogens is 305 g/mol. The molecule has 21 heavy (non-hydrogen) atoms. The molecule has 1 fully saturated rings. The van der Waals surface area contributed by atoms with E-state index in [-0.39, 0.29) is 36.1 Å². The van der Waals surface area contributed by atoms with Gasteiger partial charge in [0.25, 0.3) is 0 Å². The molecule has 1 aromatic carbocycles. The zero-order valence-electron chi connectivity index (χ0n) is 11.6. The number of halogens is 4. The fourth-order valence-electron chi connectivity index (χ4n) is 1.92. The van der Waals surface area contributed by atoms with E-state index < -0.39 is 11.7 Å². The molecule has 0 saturated heterocycles. The zero-order chi connectivity index (χ0) is 14.8. The van der Waals surface area contributed by atoms with E-state index in [4.69, 9.17) is 0 Å². The summed E-state index contributed by atoms with van der Waals surface area (Å²) in [5, 5.41) is 5.46. The molecule has 0 spiro atoms. The van der Waals surface area contributed by atoms with Crippen LogP contribution in [0.5, 0.6) is 0 Å². The van der Waals surface area contributed by atoms with Gasteiger partial charge in [-0.1, -0.05) is 6.07 Å². The fraction of sp³-hybridized carbons (Fsp3) is 0.500. The summed E-state index contributed by atoms with van der Waals surface area (Å²) in [4.78, 5) is 11.6. The minimum Gasteiger partial charge on any atom is -0.325 e. The third kappa shape index (κ3) is 5.55. The second-order valence-corrected chi connectivity index (χ2v) is 5.15. The Bertz CT molecular complexity index is 501. The molecule has 0 aliphatic heterocycles. The first-order chi connectivity index (χ1) is 9.36. The number of carbonyl (C=O) groups excluding carboxylic acids is 1. The number of benzene rings is 1. The molecule has 0 aromatic heterocycles. The van der Waals surface area contributed by atoms with E-state index >= 15 is 0 Å². The van der Waals surface area contributed by atoms with Crippen LogP contribution < -0.4 is 10.6 Å². The van der Waals surface area contributed by atoms with Crippen LogP contribution in [0.15, 0.2) is 18.2 Å². The van der Waals surface area contributed by atoms with Crippen LogP contribution in [-0.4, -0.2) is 19.0 Å². The molecule has 7 heteroatoms. The monoisotopic (exact) mass is 322 g/mol. The second kappa shape index (κ2) is 7.13. The first kappa shape index (κ1) is 17.8. The van der Waals surface area contributed by atoms with Crippen LogP contribution in [0, 0.1) is 12.8 Å². The van der Waals surface area contributed by atoms with Crippen LogP contribution in [0.4, 0.5) is 18.9 Å². The van der Waals surface area contributed by atoms with Gasteiger partial charge in [0.15, 0.2) is 0 Å². The number of alkyl halides is 3. The van der Waals surface area contributed by atoms with E-state index in [2.05, 4.69) is 10.6 Å². The number of carbonyl (C=O) groups is 1. The molecule has 0 radical (unpaired) electrons. The molecule has 1 aliphatic rings. The lowest BCUT2D eigenvalue weighted by Gasteiger charge is -2.13. The molecule has 1 aromatic rings. The number of anilines is 1. The third-order valence-electron chi connectivity index (χ3n) is 3.24. The SMILES string of the molecule is Cc1ccc(NC(=O)CNCC2CC2)cc1C(F)(F)F.Cl. The lowest BCUT2D eigenvalue weighted by molar-refractivity contribution is -0.138. The third-order valence-corrected chi connectivity index (χ3v) is 3.24. The van der Waals surface area contributed by atoms with Crippen molar-refractivity contribution in [2.45, 2.75) is 25.9 Å². The van der Waals surface area contributed by atoms with Crippen LogP contribution in [0.2, 0.25) is 0 Å². The van der Waals surface area contributed by atoms with Crippen molar-refractivity contribution in [1.29, 1.82) is 0 Å². The zero-order valence-corrected chi connectivity index (χ0v) is 12.4. The largest absolute Gasteiger partial charge is 0.416 e. The van der Waals surface area contributed by atoms with Gasteiger partial charge in [-0.2, -0.15) is 13.2 Å². The van der Waals surface area contributed by atoms with Gasteiger partial charge in [0.1, 0.15) is 0 Å². The Morgan fingerprint density at radius 1 is 1.33 bits per heavy atom. The van der Waals surface area contributed by atoms with Gasteiger partial charge in [-0.25, -0.2) is 0 Å². The van der Waals surface area contributed by atoms with E-state index in [9.17, 15) is 18.0 Å². The minimum absolute atomic E-state index is 0. The Hall–Kier alpha value is -1.27. The predicted molar refractivity (Wildman–Crippen MR) is 77.7 cm³/mol. The predicted octanol–water partition coefficient (Wildman–Crippen LogP) is 3.37. The van der Waals surface area contributed by atoms with E-state index in [1.54, 1.807) is 0 Å². The van der Waals surface area contributed by atoms with Crippen LogP contribution in [0.25, 0.3) is 0 Å². The molecule has 2 rings (SSSR count). The number of rotatable bonds is 5. The number of hydrogen-bond donors (Lipinski definition) is 2. The molecule has 0 heterocycles. The Morgan fingerprint density at radius 2 is 2.00 bits per heavy atom. The molecule has 1 amide bonds. The molecular formula is C14H18ClF3N2O. The Labute approximate surface area is 127 Å². The van der Waals surface area contributed by atoms with E-state index in [1.165, 1.54) is 31.9 Å². The van der Waals surface area contributed by atoms with E-state index in [0.29, 0.717) is 5.92 Å². The smallest absolute Gasteiger partial charge is 0.325 e. The normalized spacial score (nSPS) is 14.5. The van der Waals surface area contributed by atoms with Crippen molar-refractivity contribution in [3.63, 3.8) is 0 Å². The van der Waals surface area contributed by atoms with E-state index in [1.807, 2.05) is 0 Å². The molecule has 0 bridgehead atoms. The van der Waals surface area contributed by atoms with Crippen molar-refractivity contribution in [2.24, 2.45) is 5.92 Å². The van der Waals surface area contributed by atoms with Crippen LogP contribution in [0.1, 0.15) is 24.0 Å². The lowest BCUT2D eigenvalue weighted by atomic mass is 10.1. The summed E-state index contributed by atoms with van der Waals surface area (Å²) in [6, 6.07) is 3.80. The quantitative estimate of drug-likeness (QED) is 0.872. The number of nitrogens with one attached hydrogen (secondary N) is 2. The highest BCUT2D eigenvalue weighted by Crippen LogP contribution is 2.33. The molecule has 1 saturated carbocycles.